The highest BCUT2D eigenvalue weighted by Gasteiger charge is 2.48. The van der Waals surface area contributed by atoms with Crippen LogP contribution in [0.1, 0.15) is 43.4 Å². The number of ether oxygens (including phenoxy) is 1. The van der Waals surface area contributed by atoms with Gasteiger partial charge in [-0.1, -0.05) is 12.5 Å². The highest BCUT2D eigenvalue weighted by atomic mass is 19.4. The van der Waals surface area contributed by atoms with Crippen molar-refractivity contribution >= 4 is 6.03 Å². The van der Waals surface area contributed by atoms with Gasteiger partial charge in [-0.2, -0.15) is 13.2 Å². The van der Waals surface area contributed by atoms with Crippen LogP contribution in [0.5, 0.6) is 5.88 Å². The lowest BCUT2D eigenvalue weighted by molar-refractivity contribution is -0.154. The predicted octanol–water partition coefficient (Wildman–Crippen LogP) is 3.46. The molecule has 0 radical (unpaired) electrons. The van der Waals surface area contributed by atoms with Crippen molar-refractivity contribution in [3.63, 3.8) is 0 Å². The number of nitrogens with zero attached hydrogens (tertiary/aromatic N) is 1. The van der Waals surface area contributed by atoms with Crippen molar-refractivity contribution in [1.82, 2.24) is 15.6 Å². The third kappa shape index (κ3) is 4.55. The molecule has 0 saturated heterocycles. The molecule has 8 heteroatoms. The van der Waals surface area contributed by atoms with Crippen LogP contribution in [0.4, 0.5) is 18.0 Å². The summed E-state index contributed by atoms with van der Waals surface area (Å²) in [6, 6.07) is 3.22. The van der Waals surface area contributed by atoms with E-state index in [1.807, 2.05) is 0 Å². The Morgan fingerprint density at radius 1 is 1.36 bits per heavy atom. The summed E-state index contributed by atoms with van der Waals surface area (Å²) in [5.74, 6) is -0.0667. The van der Waals surface area contributed by atoms with E-state index in [2.05, 4.69) is 15.6 Å². The zero-order chi connectivity index (χ0) is 18.1. The Kier molecular flexibility index (Phi) is 4.79. The van der Waals surface area contributed by atoms with Gasteiger partial charge in [0.05, 0.1) is 12.2 Å². The molecule has 2 saturated carbocycles. The highest BCUT2D eigenvalue weighted by Crippen LogP contribution is 2.55. The molecule has 1 heterocycles. The lowest BCUT2D eigenvalue weighted by atomic mass is 9.54. The minimum Gasteiger partial charge on any atom is -0.468 e. The fraction of sp³-hybridized carbons (Fsp3) is 0.647. The molecular formula is C17H22F3N3O2. The zero-order valence-corrected chi connectivity index (χ0v) is 14.1. The van der Waals surface area contributed by atoms with E-state index in [0.717, 1.165) is 12.8 Å². The topological polar surface area (TPSA) is 63.2 Å². The third-order valence-electron chi connectivity index (χ3n) is 5.02. The maximum Gasteiger partial charge on any atom is 0.422 e. The molecule has 0 aromatic carbocycles. The molecule has 0 aliphatic heterocycles. The van der Waals surface area contributed by atoms with Crippen molar-refractivity contribution in [3.8, 4) is 5.88 Å². The minimum atomic E-state index is -4.41. The van der Waals surface area contributed by atoms with Crippen molar-refractivity contribution in [2.24, 2.45) is 5.41 Å². The number of halogens is 3. The zero-order valence-electron chi connectivity index (χ0n) is 14.1. The van der Waals surface area contributed by atoms with Crippen molar-refractivity contribution in [2.75, 3.05) is 6.61 Å². The van der Waals surface area contributed by atoms with E-state index in [4.69, 9.17) is 4.74 Å². The van der Waals surface area contributed by atoms with Gasteiger partial charge in [0.1, 0.15) is 0 Å². The Balaban J connectivity index is 1.45. The van der Waals surface area contributed by atoms with E-state index >= 15 is 0 Å². The number of nitrogens with one attached hydrogen (secondary N) is 2. The average Bonchev–Trinajstić information content (AvgIpc) is 2.45. The number of amides is 2. The van der Waals surface area contributed by atoms with Crippen LogP contribution in [0, 0.1) is 12.3 Å². The fourth-order valence-electron chi connectivity index (χ4n) is 3.52. The number of rotatable bonds is 5. The quantitative estimate of drug-likeness (QED) is 0.848. The fourth-order valence-corrected chi connectivity index (χ4v) is 3.52. The van der Waals surface area contributed by atoms with Gasteiger partial charge in [-0.15, -0.1) is 0 Å². The molecule has 3 rings (SSSR count). The second-order valence-corrected chi connectivity index (χ2v) is 7.11. The molecule has 2 amide bonds. The van der Waals surface area contributed by atoms with Crippen LogP contribution < -0.4 is 15.4 Å². The van der Waals surface area contributed by atoms with Gasteiger partial charge in [0.15, 0.2) is 6.61 Å². The first-order valence-corrected chi connectivity index (χ1v) is 8.45. The van der Waals surface area contributed by atoms with Gasteiger partial charge >= 0.3 is 12.2 Å². The summed E-state index contributed by atoms with van der Waals surface area (Å²) in [5, 5.41) is 5.61. The molecule has 5 nitrogen and oxygen atoms in total. The highest BCUT2D eigenvalue weighted by molar-refractivity contribution is 5.74. The standard InChI is InChI=1S/C17H22F3N3O2/c1-11-3-4-12(22-14(11)25-10-17(18,19)20)9-21-15(24)23-13-7-16(8-13)5-2-6-16/h3-4,13H,2,5-10H2,1H3,(H2,21,23,24). The maximum atomic E-state index is 12.3. The summed E-state index contributed by atoms with van der Waals surface area (Å²) in [5.41, 5.74) is 1.45. The largest absolute Gasteiger partial charge is 0.468 e. The van der Waals surface area contributed by atoms with E-state index in [0.29, 0.717) is 16.7 Å². The number of hydrogen-bond donors (Lipinski definition) is 2. The summed E-state index contributed by atoms with van der Waals surface area (Å²) >= 11 is 0. The van der Waals surface area contributed by atoms with Gasteiger partial charge in [0.25, 0.3) is 0 Å². The number of aromatic nitrogens is 1. The van der Waals surface area contributed by atoms with E-state index in [1.165, 1.54) is 19.3 Å². The molecule has 2 aliphatic carbocycles. The summed E-state index contributed by atoms with van der Waals surface area (Å²) in [6.07, 6.45) is 1.48. The predicted molar refractivity (Wildman–Crippen MR) is 85.2 cm³/mol. The lowest BCUT2D eigenvalue weighted by Crippen LogP contribution is -2.55. The Bertz CT molecular complexity index is 637. The molecule has 0 bridgehead atoms. The summed E-state index contributed by atoms with van der Waals surface area (Å²) < 4.78 is 41.5. The van der Waals surface area contributed by atoms with Gasteiger partial charge in [-0.05, 0) is 44.1 Å². The molecule has 0 atom stereocenters. The summed E-state index contributed by atoms with van der Waals surface area (Å²) in [6.45, 7) is 0.365. The maximum absolute atomic E-state index is 12.3. The van der Waals surface area contributed by atoms with Crippen LogP contribution in [-0.4, -0.2) is 29.8 Å². The number of carbonyl (C=O) groups is 1. The Morgan fingerprint density at radius 2 is 2.08 bits per heavy atom. The van der Waals surface area contributed by atoms with Gasteiger partial charge < -0.3 is 15.4 Å². The normalized spacial score (nSPS) is 19.0. The third-order valence-corrected chi connectivity index (χ3v) is 5.02. The summed E-state index contributed by atoms with van der Waals surface area (Å²) in [7, 11) is 0. The monoisotopic (exact) mass is 357 g/mol. The van der Waals surface area contributed by atoms with Crippen molar-refractivity contribution in [3.05, 3.63) is 23.4 Å². The smallest absolute Gasteiger partial charge is 0.422 e. The molecule has 138 valence electrons. The number of alkyl halides is 3. The molecule has 25 heavy (non-hydrogen) atoms. The first kappa shape index (κ1) is 17.8. The van der Waals surface area contributed by atoms with Crippen LogP contribution >= 0.6 is 0 Å². The minimum absolute atomic E-state index is 0.0667. The lowest BCUT2D eigenvalue weighted by Gasteiger charge is -2.54. The van der Waals surface area contributed by atoms with Gasteiger partial charge in [0, 0.05) is 11.6 Å². The van der Waals surface area contributed by atoms with Crippen molar-refractivity contribution in [2.45, 2.75) is 57.8 Å². The van der Waals surface area contributed by atoms with Gasteiger partial charge in [-0.3, -0.25) is 0 Å². The first-order valence-electron chi connectivity index (χ1n) is 8.45. The van der Waals surface area contributed by atoms with E-state index in [-0.39, 0.29) is 24.5 Å². The van der Waals surface area contributed by atoms with E-state index < -0.39 is 12.8 Å². The molecule has 2 N–H and O–H groups in total. The van der Waals surface area contributed by atoms with Crippen LogP contribution in [0.15, 0.2) is 12.1 Å². The number of carbonyl (C=O) groups excluding carboxylic acids is 1. The summed E-state index contributed by atoms with van der Waals surface area (Å²) in [4.78, 5) is 16.0. The average molecular weight is 357 g/mol. The second-order valence-electron chi connectivity index (χ2n) is 7.11. The first-order chi connectivity index (χ1) is 11.7. The molecule has 1 aromatic heterocycles. The van der Waals surface area contributed by atoms with Crippen LogP contribution in [0.25, 0.3) is 0 Å². The Hall–Kier alpha value is -1.99. The van der Waals surface area contributed by atoms with Gasteiger partial charge in [0.2, 0.25) is 5.88 Å². The van der Waals surface area contributed by atoms with E-state index in [1.54, 1.807) is 19.1 Å². The molecule has 1 spiro atoms. The van der Waals surface area contributed by atoms with Crippen molar-refractivity contribution < 1.29 is 22.7 Å². The van der Waals surface area contributed by atoms with Crippen LogP contribution in [0.2, 0.25) is 0 Å². The van der Waals surface area contributed by atoms with Gasteiger partial charge in [-0.25, -0.2) is 9.78 Å². The molecular weight excluding hydrogens is 335 g/mol. The molecule has 0 unspecified atom stereocenters. The number of urea groups is 1. The Labute approximate surface area is 144 Å². The number of aryl methyl sites for hydroxylation is 1. The second kappa shape index (κ2) is 6.72. The Morgan fingerprint density at radius 3 is 2.68 bits per heavy atom. The molecule has 1 aromatic rings. The number of pyridine rings is 1. The SMILES string of the molecule is Cc1ccc(CNC(=O)NC2CC3(CCC3)C2)nc1OCC(F)(F)F. The van der Waals surface area contributed by atoms with Crippen LogP contribution in [0.3, 0.4) is 0 Å². The van der Waals surface area contributed by atoms with Crippen LogP contribution in [-0.2, 0) is 6.54 Å². The molecule has 2 fully saturated rings. The molecule has 2 aliphatic rings. The van der Waals surface area contributed by atoms with E-state index in [9.17, 15) is 18.0 Å². The van der Waals surface area contributed by atoms with Crippen molar-refractivity contribution in [1.29, 1.82) is 0 Å². The number of hydrogen-bond acceptors (Lipinski definition) is 3.